The van der Waals surface area contributed by atoms with Gasteiger partial charge in [-0.05, 0) is 36.6 Å². The van der Waals surface area contributed by atoms with Crippen molar-refractivity contribution in [1.82, 2.24) is 4.98 Å². The zero-order valence-electron chi connectivity index (χ0n) is 22.6. The van der Waals surface area contributed by atoms with Crippen LogP contribution in [-0.2, 0) is 11.2 Å². The van der Waals surface area contributed by atoms with Crippen LogP contribution >= 0.6 is 22.7 Å². The molecule has 0 radical (unpaired) electrons. The van der Waals surface area contributed by atoms with Crippen LogP contribution in [0, 0.1) is 6.92 Å². The first-order valence-electron chi connectivity index (χ1n) is 12.3. The summed E-state index contributed by atoms with van der Waals surface area (Å²) >= 11 is 2.67. The van der Waals surface area contributed by atoms with Crippen LogP contribution in [0.5, 0.6) is 0 Å². The molecule has 0 unspecified atom stereocenters. The Labute approximate surface area is 219 Å². The maximum Gasteiger partial charge on any atom is 0.348 e. The molecule has 2 N–H and O–H groups in total. The van der Waals surface area contributed by atoms with Crippen LogP contribution in [0.3, 0.4) is 0 Å². The topological polar surface area (TPSA) is 80.3 Å². The summed E-state index contributed by atoms with van der Waals surface area (Å²) in [6, 6.07) is 9.63. The molecule has 0 saturated heterocycles. The molecule has 194 valence electrons. The Morgan fingerprint density at radius 1 is 1.06 bits per heavy atom. The second-order valence-electron chi connectivity index (χ2n) is 6.46. The number of methoxy groups -OCH3 is 1. The van der Waals surface area contributed by atoms with E-state index in [0.717, 1.165) is 34.8 Å². The first kappa shape index (κ1) is 32.3. The van der Waals surface area contributed by atoms with Gasteiger partial charge in [0.05, 0.1) is 12.1 Å². The van der Waals surface area contributed by atoms with Crippen LogP contribution in [0.2, 0.25) is 0 Å². The predicted molar refractivity (Wildman–Crippen MR) is 153 cm³/mol. The summed E-state index contributed by atoms with van der Waals surface area (Å²) in [5.41, 5.74) is 3.31. The van der Waals surface area contributed by atoms with E-state index in [1.165, 1.54) is 29.8 Å². The molecular formula is C27H41N3O3S2. The quantitative estimate of drug-likeness (QED) is 0.218. The Morgan fingerprint density at radius 3 is 2.34 bits per heavy atom. The number of nitrogens with zero attached hydrogens (tertiary/aromatic N) is 1. The highest BCUT2D eigenvalue weighted by Gasteiger charge is 2.16. The number of Topliss-reactive ketones (excluding diaryl/α,β-unsaturated/α-hetero) is 1. The summed E-state index contributed by atoms with van der Waals surface area (Å²) < 4.78 is 4.76. The normalized spacial score (nSPS) is 9.29. The highest BCUT2D eigenvalue weighted by Crippen LogP contribution is 2.32. The number of para-hydroxylation sites is 1. The highest BCUT2D eigenvalue weighted by molar-refractivity contribution is 7.19. The lowest BCUT2D eigenvalue weighted by molar-refractivity contribution is 0.0606. The number of esters is 1. The number of ether oxygens (including phenoxy) is 1. The smallest absolute Gasteiger partial charge is 0.348 e. The van der Waals surface area contributed by atoms with E-state index >= 15 is 0 Å². The zero-order chi connectivity index (χ0) is 26.8. The van der Waals surface area contributed by atoms with Crippen molar-refractivity contribution in [3.8, 4) is 0 Å². The molecule has 6 nitrogen and oxygen atoms in total. The standard InChI is InChI=1S/C21H23N3O3S2.3C2H6/c1-4-9-22-15-8-6-5-7-14(15)11-17(25)16-12-28-21(23-16)24-19-13(2)10-18(29-19)20(26)27-3;3*1-2/h5-8,10,12,22H,4,9,11H2,1-3H3,(H,23,24);3*1-2H3. The Kier molecular flexibility index (Phi) is 17.2. The van der Waals surface area contributed by atoms with E-state index < -0.39 is 0 Å². The second-order valence-corrected chi connectivity index (χ2v) is 8.37. The third-order valence-electron chi connectivity index (χ3n) is 4.25. The highest BCUT2D eigenvalue weighted by atomic mass is 32.1. The molecule has 0 atom stereocenters. The van der Waals surface area contributed by atoms with E-state index in [1.54, 1.807) is 11.4 Å². The largest absolute Gasteiger partial charge is 0.465 e. The van der Waals surface area contributed by atoms with E-state index in [-0.39, 0.29) is 11.8 Å². The Balaban J connectivity index is 0.00000179. The predicted octanol–water partition coefficient (Wildman–Crippen LogP) is 8.37. The number of aryl methyl sites for hydroxylation is 1. The molecule has 0 amide bonds. The molecule has 8 heteroatoms. The third kappa shape index (κ3) is 10.2. The van der Waals surface area contributed by atoms with Crippen molar-refractivity contribution in [1.29, 1.82) is 0 Å². The summed E-state index contributed by atoms with van der Waals surface area (Å²) in [6.45, 7) is 16.9. The van der Waals surface area contributed by atoms with Gasteiger partial charge < -0.3 is 15.4 Å². The van der Waals surface area contributed by atoms with Crippen LogP contribution < -0.4 is 10.6 Å². The number of nitrogens with one attached hydrogen (secondary N) is 2. The molecule has 0 aliphatic rings. The van der Waals surface area contributed by atoms with E-state index in [9.17, 15) is 9.59 Å². The van der Waals surface area contributed by atoms with Gasteiger partial charge in [-0.1, -0.05) is 66.7 Å². The maximum absolute atomic E-state index is 12.7. The summed E-state index contributed by atoms with van der Waals surface area (Å²) in [6.07, 6.45) is 1.31. The summed E-state index contributed by atoms with van der Waals surface area (Å²) in [4.78, 5) is 29.4. The number of thiazole rings is 1. The van der Waals surface area contributed by atoms with Crippen LogP contribution in [0.1, 0.15) is 86.2 Å². The first-order chi connectivity index (χ1) is 17.0. The number of thiophene rings is 1. The lowest BCUT2D eigenvalue weighted by Gasteiger charge is -2.10. The van der Waals surface area contributed by atoms with Gasteiger partial charge in [0, 0.05) is 24.0 Å². The fourth-order valence-electron chi connectivity index (χ4n) is 2.73. The maximum atomic E-state index is 12.7. The Bertz CT molecular complexity index is 1010. The monoisotopic (exact) mass is 519 g/mol. The van der Waals surface area contributed by atoms with E-state index in [1.807, 2.05) is 72.7 Å². The molecular weight excluding hydrogens is 478 g/mol. The van der Waals surface area contributed by atoms with E-state index in [0.29, 0.717) is 22.1 Å². The summed E-state index contributed by atoms with van der Waals surface area (Å²) in [5, 5.41) is 9.76. The summed E-state index contributed by atoms with van der Waals surface area (Å²) in [5.74, 6) is -0.394. The fourth-order valence-corrected chi connectivity index (χ4v) is 4.51. The van der Waals surface area contributed by atoms with Crippen molar-refractivity contribution < 1.29 is 14.3 Å². The minimum Gasteiger partial charge on any atom is -0.465 e. The van der Waals surface area contributed by atoms with Gasteiger partial charge in [0.2, 0.25) is 0 Å². The molecule has 2 heterocycles. The number of hydrogen-bond acceptors (Lipinski definition) is 8. The number of anilines is 3. The minimum absolute atomic E-state index is 0.0294. The molecule has 3 rings (SSSR count). The van der Waals surface area contributed by atoms with Crippen molar-refractivity contribution in [2.45, 2.75) is 68.2 Å². The lowest BCUT2D eigenvalue weighted by Crippen LogP contribution is -2.08. The van der Waals surface area contributed by atoms with Gasteiger partial charge in [-0.15, -0.1) is 22.7 Å². The van der Waals surface area contributed by atoms with Gasteiger partial charge in [0.25, 0.3) is 0 Å². The van der Waals surface area contributed by atoms with Gasteiger partial charge in [0.1, 0.15) is 10.6 Å². The minimum atomic E-state index is -0.364. The van der Waals surface area contributed by atoms with Crippen LogP contribution in [-0.4, -0.2) is 30.4 Å². The van der Waals surface area contributed by atoms with E-state index in [2.05, 4.69) is 22.5 Å². The van der Waals surface area contributed by atoms with Gasteiger partial charge in [-0.2, -0.15) is 0 Å². The zero-order valence-corrected chi connectivity index (χ0v) is 24.2. The molecule has 0 fully saturated rings. The van der Waals surface area contributed by atoms with Gasteiger partial charge in [-0.3, -0.25) is 4.79 Å². The van der Waals surface area contributed by atoms with Crippen molar-refractivity contribution in [2.75, 3.05) is 24.3 Å². The van der Waals surface area contributed by atoms with E-state index in [4.69, 9.17) is 4.74 Å². The van der Waals surface area contributed by atoms with Gasteiger partial charge >= 0.3 is 5.97 Å². The third-order valence-corrected chi connectivity index (χ3v) is 6.14. The van der Waals surface area contributed by atoms with Crippen LogP contribution in [0.4, 0.5) is 15.8 Å². The Morgan fingerprint density at radius 2 is 1.71 bits per heavy atom. The number of aromatic nitrogens is 1. The van der Waals surface area contributed by atoms with Gasteiger partial charge in [0.15, 0.2) is 10.9 Å². The average Bonchev–Trinajstić information content (AvgIpc) is 3.53. The molecule has 35 heavy (non-hydrogen) atoms. The number of benzene rings is 1. The molecule has 1 aromatic carbocycles. The molecule has 0 saturated carbocycles. The number of ketones is 1. The van der Waals surface area contributed by atoms with Gasteiger partial charge in [-0.25, -0.2) is 9.78 Å². The number of carbonyl (C=O) groups excluding carboxylic acids is 2. The van der Waals surface area contributed by atoms with Crippen molar-refractivity contribution >= 4 is 50.2 Å². The van der Waals surface area contributed by atoms with Crippen LogP contribution in [0.25, 0.3) is 0 Å². The fraction of sp³-hybridized carbons (Fsp3) is 0.444. The second kappa shape index (κ2) is 18.6. The lowest BCUT2D eigenvalue weighted by atomic mass is 10.1. The number of hydrogen-bond donors (Lipinski definition) is 2. The van der Waals surface area contributed by atoms with Crippen molar-refractivity contribution in [3.63, 3.8) is 0 Å². The first-order valence-corrected chi connectivity index (χ1v) is 14.0. The molecule has 0 aliphatic carbocycles. The molecule has 2 aromatic heterocycles. The molecule has 0 aliphatic heterocycles. The summed E-state index contributed by atoms with van der Waals surface area (Å²) in [7, 11) is 1.36. The van der Waals surface area contributed by atoms with Crippen molar-refractivity contribution in [2.24, 2.45) is 0 Å². The molecule has 0 bridgehead atoms. The number of rotatable bonds is 9. The Hall–Kier alpha value is -2.71. The van der Waals surface area contributed by atoms with Crippen molar-refractivity contribution in [3.05, 3.63) is 57.4 Å². The number of carbonyl (C=O) groups is 2. The molecule has 3 aromatic rings. The average molecular weight is 520 g/mol. The van der Waals surface area contributed by atoms with Crippen LogP contribution in [0.15, 0.2) is 35.7 Å². The molecule has 0 spiro atoms. The SMILES string of the molecule is CC.CC.CC.CCCNc1ccccc1CC(=O)c1csc(Nc2sc(C(=O)OC)cc2C)n1.